The zero-order chi connectivity index (χ0) is 23.7. The number of amides is 1. The van der Waals surface area contributed by atoms with Gasteiger partial charge in [0.25, 0.3) is 0 Å². The summed E-state index contributed by atoms with van der Waals surface area (Å²) in [7, 11) is 0. The predicted octanol–water partition coefficient (Wildman–Crippen LogP) is 6.40. The van der Waals surface area contributed by atoms with Gasteiger partial charge in [0, 0.05) is 28.8 Å². The molecule has 9 heteroatoms. The van der Waals surface area contributed by atoms with Crippen LogP contribution in [0.25, 0.3) is 22.6 Å². The first-order valence-electron chi connectivity index (χ1n) is 10.8. The number of rotatable bonds is 5. The first-order chi connectivity index (χ1) is 16.5. The van der Waals surface area contributed by atoms with Gasteiger partial charge >= 0.3 is 0 Å². The summed E-state index contributed by atoms with van der Waals surface area (Å²) >= 11 is 7.53. The minimum absolute atomic E-state index is 0.205. The molecule has 1 amide bonds. The molecule has 0 fully saturated rings. The molecule has 0 saturated heterocycles. The van der Waals surface area contributed by atoms with E-state index in [-0.39, 0.29) is 5.91 Å². The van der Waals surface area contributed by atoms with Crippen molar-refractivity contribution in [3.05, 3.63) is 71.4 Å². The summed E-state index contributed by atoms with van der Waals surface area (Å²) in [5, 5.41) is 9.85. The fourth-order valence-corrected chi connectivity index (χ4v) is 4.51. The van der Waals surface area contributed by atoms with Crippen LogP contribution in [0.5, 0.6) is 5.88 Å². The third-order valence-corrected chi connectivity index (χ3v) is 6.58. The molecule has 3 heterocycles. The van der Waals surface area contributed by atoms with Gasteiger partial charge in [0.1, 0.15) is 5.76 Å². The van der Waals surface area contributed by atoms with Gasteiger partial charge in [-0.05, 0) is 48.9 Å². The number of aromatic nitrogens is 3. The maximum Gasteiger partial charge on any atom is 0.247 e. The molecule has 0 saturated carbocycles. The van der Waals surface area contributed by atoms with Crippen molar-refractivity contribution in [1.82, 2.24) is 15.2 Å². The zero-order valence-electron chi connectivity index (χ0n) is 18.6. The summed E-state index contributed by atoms with van der Waals surface area (Å²) in [5.41, 5.74) is 2.70. The first kappa shape index (κ1) is 22.4. The molecule has 2 aromatic heterocycles. The number of para-hydroxylation sites is 1. The zero-order valence-corrected chi connectivity index (χ0v) is 20.1. The number of thioether (sulfide) groups is 1. The van der Waals surface area contributed by atoms with Gasteiger partial charge in [-0.25, -0.2) is 0 Å². The summed E-state index contributed by atoms with van der Waals surface area (Å²) < 4.78 is 12.5. The van der Waals surface area contributed by atoms with Crippen LogP contribution < -0.4 is 9.64 Å². The van der Waals surface area contributed by atoms with Crippen LogP contribution in [0.15, 0.2) is 70.2 Å². The number of anilines is 1. The molecule has 1 aliphatic heterocycles. The Morgan fingerprint density at radius 1 is 1.09 bits per heavy atom. The molecule has 172 valence electrons. The fourth-order valence-electron chi connectivity index (χ4n) is 3.75. The third-order valence-electron chi connectivity index (χ3n) is 5.29. The quantitative estimate of drug-likeness (QED) is 0.298. The van der Waals surface area contributed by atoms with Crippen LogP contribution in [0, 0.1) is 0 Å². The Balaban J connectivity index is 1.62. The van der Waals surface area contributed by atoms with Crippen molar-refractivity contribution < 1.29 is 13.9 Å². The van der Waals surface area contributed by atoms with Crippen molar-refractivity contribution in [2.24, 2.45) is 0 Å². The van der Waals surface area contributed by atoms with Gasteiger partial charge in [-0.15, -0.1) is 10.2 Å². The molecule has 0 bridgehead atoms. The van der Waals surface area contributed by atoms with E-state index in [0.29, 0.717) is 44.5 Å². The maximum absolute atomic E-state index is 12.9. The Labute approximate surface area is 206 Å². The minimum Gasteiger partial charge on any atom is -0.455 e. The summed E-state index contributed by atoms with van der Waals surface area (Å²) in [5.74, 6) is 2.06. The van der Waals surface area contributed by atoms with E-state index in [9.17, 15) is 4.79 Å². The summed E-state index contributed by atoms with van der Waals surface area (Å²) in [4.78, 5) is 19.1. The van der Waals surface area contributed by atoms with E-state index >= 15 is 0 Å². The second-order valence-electron chi connectivity index (χ2n) is 7.68. The lowest BCUT2D eigenvalue weighted by Crippen LogP contribution is -2.35. The molecule has 7 nitrogen and oxygen atoms in total. The van der Waals surface area contributed by atoms with Crippen molar-refractivity contribution in [2.45, 2.75) is 31.7 Å². The highest BCUT2D eigenvalue weighted by molar-refractivity contribution is 7.99. The molecule has 1 aliphatic rings. The maximum atomic E-state index is 12.9. The Morgan fingerprint density at radius 3 is 2.65 bits per heavy atom. The van der Waals surface area contributed by atoms with Crippen molar-refractivity contribution in [1.29, 1.82) is 0 Å². The van der Waals surface area contributed by atoms with Gasteiger partial charge in [0.15, 0.2) is 11.5 Å². The number of halogens is 1. The number of hydrogen-bond donors (Lipinski definition) is 0. The molecule has 0 radical (unpaired) electrons. The van der Waals surface area contributed by atoms with Crippen LogP contribution in [-0.4, -0.2) is 26.8 Å². The number of carbonyl (C=O) groups is 1. The van der Waals surface area contributed by atoms with Gasteiger partial charge in [-0.1, -0.05) is 48.5 Å². The summed E-state index contributed by atoms with van der Waals surface area (Å²) in [6, 6.07) is 18.5. The lowest BCUT2D eigenvalue weighted by molar-refractivity contribution is -0.118. The minimum atomic E-state index is -0.873. The number of nitrogens with zero attached hydrogens (tertiary/aromatic N) is 4. The average molecular weight is 493 g/mol. The Morgan fingerprint density at radius 2 is 1.88 bits per heavy atom. The van der Waals surface area contributed by atoms with Crippen LogP contribution in [0.4, 0.5) is 5.69 Å². The fraction of sp³-hybridized carbons (Fsp3) is 0.200. The predicted molar refractivity (Wildman–Crippen MR) is 132 cm³/mol. The van der Waals surface area contributed by atoms with Gasteiger partial charge in [-0.2, -0.15) is 4.98 Å². The molecular formula is C25H21ClN4O3S. The van der Waals surface area contributed by atoms with Gasteiger partial charge < -0.3 is 9.15 Å². The second kappa shape index (κ2) is 9.48. The SMILES string of the molecule is CCCSc1nnc2c(n1)O[C@H](c1ccc(-c3ccc(Cl)cc3)o1)N(C(C)=O)c1ccccc1-2. The van der Waals surface area contributed by atoms with Gasteiger partial charge in [-0.3, -0.25) is 9.69 Å². The summed E-state index contributed by atoms with van der Waals surface area (Å²) in [6.45, 7) is 3.58. The molecule has 2 aromatic carbocycles. The van der Waals surface area contributed by atoms with E-state index in [1.807, 2.05) is 42.5 Å². The van der Waals surface area contributed by atoms with E-state index in [2.05, 4.69) is 22.1 Å². The number of furan rings is 1. The van der Waals surface area contributed by atoms with Gasteiger partial charge in [0.2, 0.25) is 23.2 Å². The lowest BCUT2D eigenvalue weighted by Gasteiger charge is -2.28. The summed E-state index contributed by atoms with van der Waals surface area (Å²) in [6.07, 6.45) is 0.108. The number of ether oxygens (including phenoxy) is 1. The van der Waals surface area contributed by atoms with Crippen LogP contribution in [-0.2, 0) is 4.79 Å². The van der Waals surface area contributed by atoms with Crippen LogP contribution in [0.3, 0.4) is 0 Å². The monoisotopic (exact) mass is 492 g/mol. The van der Waals surface area contributed by atoms with E-state index in [4.69, 9.17) is 20.8 Å². The highest BCUT2D eigenvalue weighted by Gasteiger charge is 2.36. The number of carbonyl (C=O) groups excluding carboxylic acids is 1. The molecule has 0 unspecified atom stereocenters. The van der Waals surface area contributed by atoms with E-state index in [1.165, 1.54) is 18.7 Å². The topological polar surface area (TPSA) is 81.3 Å². The number of hydrogen-bond acceptors (Lipinski definition) is 7. The molecule has 0 aliphatic carbocycles. The highest BCUT2D eigenvalue weighted by atomic mass is 35.5. The molecule has 0 spiro atoms. The van der Waals surface area contributed by atoms with Crippen molar-refractivity contribution in [3.8, 4) is 28.5 Å². The molecular weight excluding hydrogens is 472 g/mol. The largest absolute Gasteiger partial charge is 0.455 e. The molecule has 34 heavy (non-hydrogen) atoms. The average Bonchev–Trinajstić information content (AvgIpc) is 3.28. The Hall–Kier alpha value is -3.36. The normalized spacial score (nSPS) is 14.7. The van der Waals surface area contributed by atoms with Crippen LogP contribution in [0.1, 0.15) is 32.3 Å². The molecule has 1 atom stereocenters. The molecule has 5 rings (SSSR count). The Bertz CT molecular complexity index is 1340. The van der Waals surface area contributed by atoms with Crippen molar-refractivity contribution in [3.63, 3.8) is 0 Å². The Kier molecular flexibility index (Phi) is 6.26. The van der Waals surface area contributed by atoms with E-state index in [1.54, 1.807) is 23.1 Å². The molecule has 4 aromatic rings. The third kappa shape index (κ3) is 4.26. The number of fused-ring (bicyclic) bond motifs is 3. The standard InChI is InChI=1S/C25H21ClN4O3S/c1-3-14-34-25-27-23-22(28-29-25)18-6-4-5-7-19(18)30(15(2)31)24(33-23)21-13-12-20(32-21)16-8-10-17(26)11-9-16/h4-13,24H,3,14H2,1-2H3/t24-/m1/s1. The van der Waals surface area contributed by atoms with Gasteiger partial charge in [0.05, 0.1) is 5.69 Å². The van der Waals surface area contributed by atoms with Crippen LogP contribution in [0.2, 0.25) is 5.02 Å². The second-order valence-corrected chi connectivity index (χ2v) is 9.18. The van der Waals surface area contributed by atoms with E-state index < -0.39 is 6.23 Å². The highest BCUT2D eigenvalue weighted by Crippen LogP contribution is 2.44. The van der Waals surface area contributed by atoms with E-state index in [0.717, 1.165) is 17.7 Å². The first-order valence-corrected chi connectivity index (χ1v) is 12.2. The van der Waals surface area contributed by atoms with Crippen molar-refractivity contribution >= 4 is 35.0 Å². The molecule has 0 N–H and O–H groups in total. The number of benzene rings is 2. The lowest BCUT2D eigenvalue weighted by atomic mass is 10.1. The smallest absolute Gasteiger partial charge is 0.247 e. The van der Waals surface area contributed by atoms with Crippen molar-refractivity contribution in [2.75, 3.05) is 10.7 Å². The van der Waals surface area contributed by atoms with Crippen LogP contribution >= 0.6 is 23.4 Å².